The number of hydrogen-bond acceptors (Lipinski definition) is 3. The van der Waals surface area contributed by atoms with Crippen molar-refractivity contribution >= 4 is 23.2 Å². The third-order valence-corrected chi connectivity index (χ3v) is 4.12. The number of halogens is 2. The van der Waals surface area contributed by atoms with Crippen molar-refractivity contribution < 1.29 is 23.1 Å². The monoisotopic (exact) mass is 358 g/mol. The highest BCUT2D eigenvalue weighted by Gasteiger charge is 2.56. The maximum absolute atomic E-state index is 13.8. The van der Waals surface area contributed by atoms with Gasteiger partial charge < -0.3 is 15.4 Å². The molecule has 0 bridgehead atoms. The molecule has 2 N–H and O–H groups in total. The zero-order chi connectivity index (χ0) is 18.7. The second-order valence-electron chi connectivity index (χ2n) is 5.93. The van der Waals surface area contributed by atoms with Crippen LogP contribution in [0.1, 0.15) is 12.8 Å². The van der Waals surface area contributed by atoms with E-state index in [4.69, 9.17) is 4.74 Å². The summed E-state index contributed by atoms with van der Waals surface area (Å²) in [6.45, 7) is 3.34. The fourth-order valence-electron chi connectivity index (χ4n) is 2.48. The van der Waals surface area contributed by atoms with E-state index in [9.17, 15) is 18.4 Å². The van der Waals surface area contributed by atoms with Gasteiger partial charge in [-0.3, -0.25) is 9.59 Å². The van der Waals surface area contributed by atoms with Crippen molar-refractivity contribution in [2.75, 3.05) is 10.6 Å². The highest BCUT2D eigenvalue weighted by Crippen LogP contribution is 2.47. The Labute approximate surface area is 148 Å². The number of nitrogens with one attached hydrogen (secondary N) is 2. The largest absolute Gasteiger partial charge is 0.463 e. The Hall–Kier alpha value is -3.22. The summed E-state index contributed by atoms with van der Waals surface area (Å²) in [4.78, 5) is 25.0. The summed E-state index contributed by atoms with van der Waals surface area (Å²) >= 11 is 0. The van der Waals surface area contributed by atoms with E-state index in [0.717, 1.165) is 12.3 Å². The maximum Gasteiger partial charge on any atom is 0.240 e. The van der Waals surface area contributed by atoms with Gasteiger partial charge in [0.1, 0.15) is 11.2 Å². The molecule has 134 valence electrons. The van der Waals surface area contributed by atoms with Gasteiger partial charge in [0.25, 0.3) is 0 Å². The normalized spacial score (nSPS) is 14.2. The number of carbonyl (C=O) groups is 2. The minimum Gasteiger partial charge on any atom is -0.463 e. The van der Waals surface area contributed by atoms with Gasteiger partial charge >= 0.3 is 0 Å². The summed E-state index contributed by atoms with van der Waals surface area (Å²) in [5.41, 5.74) is -0.599. The van der Waals surface area contributed by atoms with Crippen molar-refractivity contribution in [3.63, 3.8) is 0 Å². The second-order valence-corrected chi connectivity index (χ2v) is 5.93. The van der Waals surface area contributed by atoms with Crippen LogP contribution < -0.4 is 15.4 Å². The smallest absolute Gasteiger partial charge is 0.240 e. The Balaban J connectivity index is 1.68. The Bertz CT molecular complexity index is 862. The van der Waals surface area contributed by atoms with E-state index in [2.05, 4.69) is 17.2 Å². The van der Waals surface area contributed by atoms with Crippen molar-refractivity contribution in [1.29, 1.82) is 0 Å². The molecule has 1 fully saturated rings. The molecule has 3 rings (SSSR count). The number of amides is 2. The Kier molecular flexibility index (Phi) is 4.71. The molecule has 5 nitrogen and oxygen atoms in total. The average Bonchev–Trinajstić information content (AvgIpc) is 3.41. The quantitative estimate of drug-likeness (QED) is 0.609. The fourth-order valence-corrected chi connectivity index (χ4v) is 2.48. The molecule has 7 heteroatoms. The zero-order valence-electron chi connectivity index (χ0n) is 13.7. The predicted octanol–water partition coefficient (Wildman–Crippen LogP) is 3.84. The number of carbonyl (C=O) groups excluding carboxylic acids is 2. The van der Waals surface area contributed by atoms with E-state index in [-0.39, 0.29) is 11.4 Å². The Morgan fingerprint density at radius 1 is 1.00 bits per heavy atom. The SMILES string of the molecule is C=COc1ccc(NC(=O)C2(C(=O)Nc3ccc(F)cc3)CC2)cc1F. The predicted molar refractivity (Wildman–Crippen MR) is 92.6 cm³/mol. The number of anilines is 2. The molecule has 2 amide bonds. The molecule has 26 heavy (non-hydrogen) atoms. The van der Waals surface area contributed by atoms with Crippen LogP contribution in [0.5, 0.6) is 5.75 Å². The first-order valence-corrected chi connectivity index (χ1v) is 7.90. The van der Waals surface area contributed by atoms with Crippen LogP contribution in [0.15, 0.2) is 55.3 Å². The molecule has 0 heterocycles. The lowest BCUT2D eigenvalue weighted by Gasteiger charge is -2.16. The van der Waals surface area contributed by atoms with Crippen LogP contribution in [0, 0.1) is 17.0 Å². The van der Waals surface area contributed by atoms with E-state index in [1.165, 1.54) is 36.4 Å². The Morgan fingerprint density at radius 3 is 2.12 bits per heavy atom. The molecule has 0 aromatic heterocycles. The number of ether oxygens (including phenoxy) is 1. The van der Waals surface area contributed by atoms with Crippen LogP contribution in [0.3, 0.4) is 0 Å². The fraction of sp³-hybridized carbons (Fsp3) is 0.158. The number of hydrogen-bond donors (Lipinski definition) is 2. The zero-order valence-corrected chi connectivity index (χ0v) is 13.7. The first-order valence-electron chi connectivity index (χ1n) is 7.90. The molecular weight excluding hydrogens is 342 g/mol. The molecule has 2 aromatic rings. The van der Waals surface area contributed by atoms with Gasteiger partial charge in [-0.1, -0.05) is 6.58 Å². The molecule has 0 atom stereocenters. The third kappa shape index (κ3) is 3.56. The van der Waals surface area contributed by atoms with Crippen LogP contribution in [-0.4, -0.2) is 11.8 Å². The van der Waals surface area contributed by atoms with E-state index < -0.39 is 28.9 Å². The minimum atomic E-state index is -1.21. The van der Waals surface area contributed by atoms with Crippen LogP contribution in [0.25, 0.3) is 0 Å². The Morgan fingerprint density at radius 2 is 1.58 bits per heavy atom. The molecule has 0 unspecified atom stereocenters. The van der Waals surface area contributed by atoms with Gasteiger partial charge in [-0.15, -0.1) is 0 Å². The van der Waals surface area contributed by atoms with Crippen LogP contribution in [0.2, 0.25) is 0 Å². The molecule has 1 aliphatic carbocycles. The number of benzene rings is 2. The molecule has 0 spiro atoms. The van der Waals surface area contributed by atoms with Crippen molar-refractivity contribution in [3.05, 3.63) is 66.9 Å². The van der Waals surface area contributed by atoms with Gasteiger partial charge in [0.05, 0.1) is 6.26 Å². The summed E-state index contributed by atoms with van der Waals surface area (Å²) in [6, 6.07) is 9.17. The molecule has 1 saturated carbocycles. The third-order valence-electron chi connectivity index (χ3n) is 4.12. The summed E-state index contributed by atoms with van der Waals surface area (Å²) in [5.74, 6) is -2.10. The van der Waals surface area contributed by atoms with Crippen LogP contribution in [-0.2, 0) is 9.59 Å². The minimum absolute atomic E-state index is 0.0202. The highest BCUT2D eigenvalue weighted by molar-refractivity contribution is 6.16. The van der Waals surface area contributed by atoms with Gasteiger partial charge in [0.2, 0.25) is 11.8 Å². The summed E-state index contributed by atoms with van der Waals surface area (Å²) in [5, 5.41) is 5.15. The molecule has 0 radical (unpaired) electrons. The van der Waals surface area contributed by atoms with Crippen molar-refractivity contribution in [3.8, 4) is 5.75 Å². The lowest BCUT2D eigenvalue weighted by molar-refractivity contribution is -0.131. The average molecular weight is 358 g/mol. The van der Waals surface area contributed by atoms with Crippen LogP contribution in [0.4, 0.5) is 20.2 Å². The van der Waals surface area contributed by atoms with Gasteiger partial charge in [-0.25, -0.2) is 8.78 Å². The summed E-state index contributed by atoms with van der Waals surface area (Å²) in [6.07, 6.45) is 1.85. The first kappa shape index (κ1) is 17.6. The highest BCUT2D eigenvalue weighted by atomic mass is 19.1. The topological polar surface area (TPSA) is 67.4 Å². The second kappa shape index (κ2) is 6.95. The molecular formula is C19H16F2N2O3. The first-order chi connectivity index (χ1) is 12.4. The molecule has 0 aliphatic heterocycles. The van der Waals surface area contributed by atoms with E-state index in [1.807, 2.05) is 0 Å². The standard InChI is InChI=1S/C19H16F2N2O3/c1-2-26-16-8-7-14(11-15(16)21)23-18(25)19(9-10-19)17(24)22-13-5-3-12(20)4-6-13/h2-8,11H,1,9-10H2,(H,22,24)(H,23,25). The lowest BCUT2D eigenvalue weighted by Crippen LogP contribution is -2.35. The number of rotatable bonds is 6. The van der Waals surface area contributed by atoms with Gasteiger partial charge in [-0.05, 0) is 49.2 Å². The van der Waals surface area contributed by atoms with Gasteiger partial charge in [0.15, 0.2) is 11.6 Å². The van der Waals surface area contributed by atoms with Gasteiger partial charge in [-0.2, -0.15) is 0 Å². The lowest BCUT2D eigenvalue weighted by atomic mass is 10.0. The maximum atomic E-state index is 13.8. The molecule has 2 aromatic carbocycles. The van der Waals surface area contributed by atoms with Gasteiger partial charge in [0, 0.05) is 17.4 Å². The summed E-state index contributed by atoms with van der Waals surface area (Å²) in [7, 11) is 0. The van der Waals surface area contributed by atoms with Crippen molar-refractivity contribution in [2.24, 2.45) is 5.41 Å². The van der Waals surface area contributed by atoms with E-state index in [1.54, 1.807) is 0 Å². The van der Waals surface area contributed by atoms with Crippen molar-refractivity contribution in [1.82, 2.24) is 0 Å². The van der Waals surface area contributed by atoms with Crippen LogP contribution >= 0.6 is 0 Å². The van der Waals surface area contributed by atoms with Crippen molar-refractivity contribution in [2.45, 2.75) is 12.8 Å². The molecule has 0 saturated heterocycles. The molecule has 1 aliphatic rings. The van der Waals surface area contributed by atoms with E-state index >= 15 is 0 Å². The summed E-state index contributed by atoms with van der Waals surface area (Å²) < 4.78 is 31.6. The van der Waals surface area contributed by atoms with E-state index in [0.29, 0.717) is 18.5 Å².